The molecule has 3 amide bonds. The summed E-state index contributed by atoms with van der Waals surface area (Å²) in [5.41, 5.74) is 0. The minimum atomic E-state index is -0.894. The normalized spacial score (nSPS) is 11.2. The van der Waals surface area contributed by atoms with Crippen molar-refractivity contribution in [1.82, 2.24) is 16.0 Å². The van der Waals surface area contributed by atoms with Gasteiger partial charge in [-0.25, -0.2) is 9.59 Å². The molecule has 0 aliphatic heterocycles. The summed E-state index contributed by atoms with van der Waals surface area (Å²) in [5.74, 6) is -0.406. The van der Waals surface area contributed by atoms with Crippen molar-refractivity contribution < 1.29 is 43.5 Å². The molecule has 1 atom stereocenters. The maximum Gasteiger partial charge on any atom is 0.439 e. The number of unbranched alkanes of at least 4 members (excludes halogenated alkanes) is 2. The number of nitrogens with one attached hydrogen (secondary N) is 3. The van der Waals surface area contributed by atoms with Crippen molar-refractivity contribution in [2.45, 2.75) is 38.1 Å². The molecule has 0 heterocycles. The molecule has 0 aliphatic carbocycles. The van der Waals surface area contributed by atoms with Crippen molar-refractivity contribution in [2.24, 2.45) is 0 Å². The second-order valence-electron chi connectivity index (χ2n) is 5.41. The highest BCUT2D eigenvalue weighted by atomic mass is 17.2. The number of hydrogen-bond donors (Lipinski definition) is 3. The number of ether oxygens (including phenoxy) is 1. The summed E-state index contributed by atoms with van der Waals surface area (Å²) in [6.45, 7) is 1.27. The van der Waals surface area contributed by atoms with E-state index in [2.05, 4.69) is 35.5 Å². The molecule has 0 bridgehead atoms. The number of rotatable bonds is 16. The van der Waals surface area contributed by atoms with E-state index in [1.807, 2.05) is 0 Å². The van der Waals surface area contributed by atoms with Crippen LogP contribution in [0.3, 0.4) is 0 Å². The van der Waals surface area contributed by atoms with Crippen molar-refractivity contribution in [3.63, 3.8) is 0 Å². The summed E-state index contributed by atoms with van der Waals surface area (Å²) >= 11 is 0. The highest BCUT2D eigenvalue weighted by Gasteiger charge is 2.21. The molecular weight excluding hydrogens is 378 g/mol. The largest absolute Gasteiger partial charge is 0.439 e. The van der Waals surface area contributed by atoms with E-state index in [9.17, 15) is 19.2 Å². The van der Waals surface area contributed by atoms with E-state index in [0.29, 0.717) is 45.3 Å². The Kier molecular flexibility index (Phi) is 16.4. The molecule has 0 aromatic rings. The van der Waals surface area contributed by atoms with Gasteiger partial charge in [0.25, 0.3) is 0 Å². The van der Waals surface area contributed by atoms with Crippen LogP contribution in [0.2, 0.25) is 0 Å². The average molecular weight is 407 g/mol. The summed E-state index contributed by atoms with van der Waals surface area (Å²) < 4.78 is 5.27. The lowest BCUT2D eigenvalue weighted by atomic mass is 10.1. The van der Waals surface area contributed by atoms with Gasteiger partial charge in [0.1, 0.15) is 12.3 Å². The van der Waals surface area contributed by atoms with Crippen LogP contribution in [0.4, 0.5) is 9.59 Å². The molecule has 0 saturated heterocycles. The van der Waals surface area contributed by atoms with E-state index in [0.717, 1.165) is 6.29 Å². The first-order chi connectivity index (χ1) is 13.5. The van der Waals surface area contributed by atoms with Crippen LogP contribution < -0.4 is 16.0 Å². The first kappa shape index (κ1) is 25.6. The summed E-state index contributed by atoms with van der Waals surface area (Å²) in [6, 6.07) is -0.844. The summed E-state index contributed by atoms with van der Waals surface area (Å²) in [4.78, 5) is 62.0. The molecule has 28 heavy (non-hydrogen) atoms. The summed E-state index contributed by atoms with van der Waals surface area (Å²) in [7, 11) is 2.38. The van der Waals surface area contributed by atoms with Crippen LogP contribution in [0.5, 0.6) is 0 Å². The quantitative estimate of drug-likeness (QED) is 0.141. The minimum absolute atomic E-state index is 0.252. The van der Waals surface area contributed by atoms with Gasteiger partial charge in [-0.05, 0) is 25.7 Å². The van der Waals surface area contributed by atoms with Gasteiger partial charge < -0.3 is 25.5 Å². The fourth-order valence-corrected chi connectivity index (χ4v) is 2.02. The predicted octanol–water partition coefficient (Wildman–Crippen LogP) is 0.212. The van der Waals surface area contributed by atoms with Crippen LogP contribution in [0.25, 0.3) is 0 Å². The monoisotopic (exact) mass is 407 g/mol. The van der Waals surface area contributed by atoms with Crippen LogP contribution >= 0.6 is 0 Å². The molecule has 3 N–H and O–H groups in total. The number of aldehydes is 1. The highest BCUT2D eigenvalue weighted by molar-refractivity contribution is 5.85. The third kappa shape index (κ3) is 14.7. The zero-order valence-electron chi connectivity index (χ0n) is 16.2. The number of carbonyl (C=O) groups excluding carboxylic acids is 4. The van der Waals surface area contributed by atoms with E-state index in [-0.39, 0.29) is 13.2 Å². The number of amides is 3. The van der Waals surface area contributed by atoms with E-state index in [1.165, 1.54) is 14.2 Å². The van der Waals surface area contributed by atoms with Gasteiger partial charge in [0, 0.05) is 26.1 Å². The van der Waals surface area contributed by atoms with Crippen molar-refractivity contribution in [1.29, 1.82) is 0 Å². The standard InChI is InChI=1S/C16H29N3O9/c1-24-27-15(22)18-8-4-3-7-13(19-16(23)28-25-2)14(21)17-9-12-26-11-6-5-10-20/h10,13H,3-9,11-12H2,1-2H3,(H,17,21)(H,18,22)(H,19,23). The van der Waals surface area contributed by atoms with Gasteiger partial charge in [0.15, 0.2) is 0 Å². The Hall–Kier alpha value is -2.44. The summed E-state index contributed by atoms with van der Waals surface area (Å²) in [5, 5.41) is 7.50. The molecule has 0 saturated carbocycles. The minimum Gasteiger partial charge on any atom is -0.380 e. The lowest BCUT2D eigenvalue weighted by Gasteiger charge is -2.17. The second-order valence-corrected chi connectivity index (χ2v) is 5.41. The molecule has 0 aliphatic rings. The average Bonchev–Trinajstić information content (AvgIpc) is 2.66. The molecule has 0 rings (SSSR count). The first-order valence-electron chi connectivity index (χ1n) is 8.83. The SMILES string of the molecule is COOC(=O)NCCCCC(NC(=O)OOC)C(=O)NCCOCCCC=O. The van der Waals surface area contributed by atoms with E-state index in [4.69, 9.17) is 4.74 Å². The van der Waals surface area contributed by atoms with Crippen molar-refractivity contribution in [2.75, 3.05) is 40.5 Å². The zero-order chi connectivity index (χ0) is 21.0. The van der Waals surface area contributed by atoms with Crippen LogP contribution in [-0.4, -0.2) is 70.9 Å². The Morgan fingerprint density at radius 2 is 1.61 bits per heavy atom. The molecule has 1 unspecified atom stereocenters. The maximum absolute atomic E-state index is 12.2. The van der Waals surface area contributed by atoms with Crippen LogP contribution in [0.1, 0.15) is 32.1 Å². The van der Waals surface area contributed by atoms with E-state index in [1.54, 1.807) is 0 Å². The molecule has 0 aromatic carbocycles. The first-order valence-corrected chi connectivity index (χ1v) is 8.83. The van der Waals surface area contributed by atoms with Crippen LogP contribution in [0.15, 0.2) is 0 Å². The second kappa shape index (κ2) is 17.9. The Morgan fingerprint density at radius 1 is 0.893 bits per heavy atom. The fraction of sp³-hybridized carbons (Fsp3) is 0.750. The lowest BCUT2D eigenvalue weighted by Crippen LogP contribution is -2.47. The molecule has 12 heteroatoms. The number of carbonyl (C=O) groups is 4. The predicted molar refractivity (Wildman–Crippen MR) is 94.9 cm³/mol. The van der Waals surface area contributed by atoms with Crippen molar-refractivity contribution in [3.8, 4) is 0 Å². The molecule has 0 aromatic heterocycles. The maximum atomic E-state index is 12.2. The highest BCUT2D eigenvalue weighted by Crippen LogP contribution is 2.02. The van der Waals surface area contributed by atoms with Gasteiger partial charge >= 0.3 is 12.2 Å². The van der Waals surface area contributed by atoms with E-state index < -0.39 is 24.1 Å². The Morgan fingerprint density at radius 3 is 2.29 bits per heavy atom. The van der Waals surface area contributed by atoms with Gasteiger partial charge in [-0.3, -0.25) is 14.6 Å². The van der Waals surface area contributed by atoms with Crippen molar-refractivity contribution in [3.05, 3.63) is 0 Å². The Labute approximate surface area is 163 Å². The van der Waals surface area contributed by atoms with Gasteiger partial charge in [-0.15, -0.1) is 0 Å². The molecule has 0 spiro atoms. The Bertz CT molecular complexity index is 463. The van der Waals surface area contributed by atoms with Crippen LogP contribution in [-0.2, 0) is 33.9 Å². The van der Waals surface area contributed by atoms with E-state index >= 15 is 0 Å². The van der Waals surface area contributed by atoms with Gasteiger partial charge in [-0.2, -0.15) is 9.78 Å². The lowest BCUT2D eigenvalue weighted by molar-refractivity contribution is -0.213. The topological polar surface area (TPSA) is 151 Å². The molecule has 12 nitrogen and oxygen atoms in total. The third-order valence-corrected chi connectivity index (χ3v) is 3.27. The smallest absolute Gasteiger partial charge is 0.380 e. The molecule has 0 fully saturated rings. The fourth-order valence-electron chi connectivity index (χ4n) is 2.02. The van der Waals surface area contributed by atoms with Gasteiger partial charge in [0.05, 0.1) is 20.8 Å². The van der Waals surface area contributed by atoms with Crippen LogP contribution in [0, 0.1) is 0 Å². The summed E-state index contributed by atoms with van der Waals surface area (Å²) in [6.07, 6.45) is 1.64. The van der Waals surface area contributed by atoms with Crippen molar-refractivity contribution >= 4 is 24.4 Å². The Balaban J connectivity index is 4.19. The zero-order valence-corrected chi connectivity index (χ0v) is 16.2. The van der Waals surface area contributed by atoms with Gasteiger partial charge in [0.2, 0.25) is 5.91 Å². The number of hydrogen-bond acceptors (Lipinski definition) is 9. The molecule has 162 valence electrons. The molecule has 0 radical (unpaired) electrons. The third-order valence-electron chi connectivity index (χ3n) is 3.27. The molecular formula is C16H29N3O9. The van der Waals surface area contributed by atoms with Gasteiger partial charge in [-0.1, -0.05) is 0 Å².